The highest BCUT2D eigenvalue weighted by Gasteiger charge is 2.41. The lowest BCUT2D eigenvalue weighted by Crippen LogP contribution is -2.48. The molecule has 0 bridgehead atoms. The fourth-order valence-corrected chi connectivity index (χ4v) is 3.09. The molecule has 2 atom stereocenters. The van der Waals surface area contributed by atoms with Gasteiger partial charge >= 0.3 is 0 Å². The van der Waals surface area contributed by atoms with Gasteiger partial charge in [0.05, 0.1) is 13.7 Å². The van der Waals surface area contributed by atoms with Crippen LogP contribution >= 0.6 is 0 Å². The van der Waals surface area contributed by atoms with Crippen LogP contribution in [-0.4, -0.2) is 61.2 Å². The zero-order valence-corrected chi connectivity index (χ0v) is 13.9. The number of carbonyl (C=O) groups is 1. The average Bonchev–Trinajstić information content (AvgIpc) is 2.96. The van der Waals surface area contributed by atoms with E-state index in [1.807, 2.05) is 31.2 Å². The molecule has 1 aromatic rings. The fraction of sp³-hybridized carbons (Fsp3) is 0.588. The van der Waals surface area contributed by atoms with Crippen molar-refractivity contribution in [3.8, 4) is 5.75 Å². The Kier molecular flexibility index (Phi) is 5.08. The van der Waals surface area contributed by atoms with Crippen LogP contribution in [0.3, 0.4) is 0 Å². The average molecular weight is 306 g/mol. The number of likely N-dealkylation sites (tertiary alicyclic amines) is 1. The summed E-state index contributed by atoms with van der Waals surface area (Å²) in [4.78, 5) is 15.7. The van der Waals surface area contributed by atoms with Crippen LogP contribution < -0.4 is 4.74 Å². The Morgan fingerprint density at radius 1 is 1.41 bits per heavy atom. The number of likely N-dealkylation sites (N-methyl/N-ethyl adjacent to an activating group) is 1. The topological polar surface area (TPSA) is 53.0 Å². The van der Waals surface area contributed by atoms with Crippen LogP contribution in [0.15, 0.2) is 24.3 Å². The number of nitrogens with zero attached hydrogens (tertiary/aromatic N) is 2. The van der Waals surface area contributed by atoms with Gasteiger partial charge in [0.1, 0.15) is 11.4 Å². The Bertz CT molecular complexity index is 511. The summed E-state index contributed by atoms with van der Waals surface area (Å²) in [5, 5.41) is 11.1. The summed E-state index contributed by atoms with van der Waals surface area (Å²) in [5.41, 5.74) is -0.141. The van der Waals surface area contributed by atoms with Gasteiger partial charge in [-0.2, -0.15) is 0 Å². The second-order valence-corrected chi connectivity index (χ2v) is 6.29. The van der Waals surface area contributed by atoms with Crippen LogP contribution in [0.5, 0.6) is 5.75 Å². The zero-order chi connectivity index (χ0) is 16.3. The number of hydrogen-bond acceptors (Lipinski definition) is 4. The summed E-state index contributed by atoms with van der Waals surface area (Å²) in [6.07, 6.45) is 1.89. The van der Waals surface area contributed by atoms with Crippen molar-refractivity contribution >= 4 is 5.91 Å². The minimum Gasteiger partial charge on any atom is -0.497 e. The first kappa shape index (κ1) is 16.8. The van der Waals surface area contributed by atoms with E-state index in [-0.39, 0.29) is 11.9 Å². The maximum atomic E-state index is 12.0. The third kappa shape index (κ3) is 3.42. The lowest BCUT2D eigenvalue weighted by atomic mass is 9.86. The number of amides is 1. The van der Waals surface area contributed by atoms with Crippen LogP contribution in [0, 0.1) is 0 Å². The zero-order valence-electron chi connectivity index (χ0n) is 13.9. The van der Waals surface area contributed by atoms with Gasteiger partial charge in [0, 0.05) is 20.1 Å². The van der Waals surface area contributed by atoms with Gasteiger partial charge in [-0.05, 0) is 44.0 Å². The van der Waals surface area contributed by atoms with E-state index < -0.39 is 5.60 Å². The number of aliphatic hydroxyl groups is 1. The predicted molar refractivity (Wildman–Crippen MR) is 85.9 cm³/mol. The third-order valence-corrected chi connectivity index (χ3v) is 4.52. The van der Waals surface area contributed by atoms with Crippen LogP contribution in [0.2, 0.25) is 0 Å². The summed E-state index contributed by atoms with van der Waals surface area (Å²) in [7, 11) is 5.14. The van der Waals surface area contributed by atoms with Crippen molar-refractivity contribution in [1.29, 1.82) is 0 Å². The smallest absolute Gasteiger partial charge is 0.236 e. The molecule has 1 aliphatic heterocycles. The molecule has 5 nitrogen and oxygen atoms in total. The molecule has 0 aliphatic carbocycles. The summed E-state index contributed by atoms with van der Waals surface area (Å²) >= 11 is 0. The van der Waals surface area contributed by atoms with E-state index in [0.717, 1.165) is 30.7 Å². The van der Waals surface area contributed by atoms with E-state index in [2.05, 4.69) is 4.90 Å². The molecule has 1 N–H and O–H groups in total. The molecule has 0 saturated carbocycles. The predicted octanol–water partition coefficient (Wildman–Crippen LogP) is 1.46. The van der Waals surface area contributed by atoms with Crippen LogP contribution in [-0.2, 0) is 10.4 Å². The van der Waals surface area contributed by atoms with Crippen molar-refractivity contribution in [2.75, 3.05) is 34.3 Å². The standard InChI is InChI=1S/C17H26N2O3/c1-17(21,13-7-9-14(22-4)10-8-13)15-6-5-11-19(15)12-16(20)18(2)3/h7-10,15,21H,5-6,11-12H2,1-4H3/t15-,17-/m0/s1. The normalized spacial score (nSPS) is 21.4. The minimum atomic E-state index is -0.991. The molecule has 1 aliphatic rings. The molecule has 5 heteroatoms. The maximum absolute atomic E-state index is 12.0. The summed E-state index contributed by atoms with van der Waals surface area (Å²) in [6.45, 7) is 3.03. The van der Waals surface area contributed by atoms with Gasteiger partial charge in [-0.15, -0.1) is 0 Å². The Balaban J connectivity index is 2.17. The lowest BCUT2D eigenvalue weighted by Gasteiger charge is -2.37. The van der Waals surface area contributed by atoms with Gasteiger partial charge in [-0.3, -0.25) is 9.69 Å². The molecule has 1 amide bonds. The van der Waals surface area contributed by atoms with Gasteiger partial charge in [0.2, 0.25) is 5.91 Å². The first-order valence-electron chi connectivity index (χ1n) is 7.67. The number of carbonyl (C=O) groups excluding carboxylic acids is 1. The van der Waals surface area contributed by atoms with E-state index >= 15 is 0 Å². The van der Waals surface area contributed by atoms with Crippen LogP contribution in [0.25, 0.3) is 0 Å². The highest BCUT2D eigenvalue weighted by molar-refractivity contribution is 5.77. The van der Waals surface area contributed by atoms with E-state index in [9.17, 15) is 9.90 Å². The van der Waals surface area contributed by atoms with Crippen molar-refractivity contribution in [3.63, 3.8) is 0 Å². The quantitative estimate of drug-likeness (QED) is 0.895. The minimum absolute atomic E-state index is 0.0511. The van der Waals surface area contributed by atoms with Crippen molar-refractivity contribution in [2.24, 2.45) is 0 Å². The highest BCUT2D eigenvalue weighted by atomic mass is 16.5. The Hall–Kier alpha value is -1.59. The second-order valence-electron chi connectivity index (χ2n) is 6.29. The van der Waals surface area contributed by atoms with Gasteiger partial charge in [0.15, 0.2) is 0 Å². The number of benzene rings is 1. The van der Waals surface area contributed by atoms with Crippen molar-refractivity contribution in [1.82, 2.24) is 9.80 Å². The number of hydrogen-bond donors (Lipinski definition) is 1. The van der Waals surface area contributed by atoms with Gasteiger partial charge < -0.3 is 14.7 Å². The molecular formula is C17H26N2O3. The van der Waals surface area contributed by atoms with Crippen molar-refractivity contribution in [3.05, 3.63) is 29.8 Å². The lowest BCUT2D eigenvalue weighted by molar-refractivity contribution is -0.131. The van der Waals surface area contributed by atoms with Gasteiger partial charge in [-0.1, -0.05) is 12.1 Å². The summed E-state index contributed by atoms with van der Waals surface area (Å²) in [5.74, 6) is 0.836. The molecule has 1 saturated heterocycles. The molecule has 0 aromatic heterocycles. The Labute approximate surface area is 132 Å². The fourth-order valence-electron chi connectivity index (χ4n) is 3.09. The maximum Gasteiger partial charge on any atom is 0.236 e. The molecule has 1 heterocycles. The largest absolute Gasteiger partial charge is 0.497 e. The number of rotatable bonds is 5. The Morgan fingerprint density at radius 2 is 2.05 bits per heavy atom. The van der Waals surface area contributed by atoms with Gasteiger partial charge in [-0.25, -0.2) is 0 Å². The summed E-state index contributed by atoms with van der Waals surface area (Å²) in [6, 6.07) is 7.44. The highest BCUT2D eigenvalue weighted by Crippen LogP contribution is 2.35. The molecule has 22 heavy (non-hydrogen) atoms. The molecular weight excluding hydrogens is 280 g/mol. The molecule has 0 radical (unpaired) electrons. The van der Waals surface area contributed by atoms with Gasteiger partial charge in [0.25, 0.3) is 0 Å². The Morgan fingerprint density at radius 3 is 2.59 bits per heavy atom. The number of ether oxygens (including phenoxy) is 1. The molecule has 122 valence electrons. The molecule has 1 fully saturated rings. The van der Waals surface area contributed by atoms with Crippen LogP contribution in [0.1, 0.15) is 25.3 Å². The van der Waals surface area contributed by atoms with E-state index in [1.54, 1.807) is 26.1 Å². The molecule has 1 aromatic carbocycles. The first-order valence-corrected chi connectivity index (χ1v) is 7.67. The van der Waals surface area contributed by atoms with Crippen LogP contribution in [0.4, 0.5) is 0 Å². The van der Waals surface area contributed by atoms with Crippen molar-refractivity contribution < 1.29 is 14.6 Å². The SMILES string of the molecule is COc1ccc([C@](C)(O)[C@@H]2CCCN2CC(=O)N(C)C)cc1. The monoisotopic (exact) mass is 306 g/mol. The first-order chi connectivity index (χ1) is 10.4. The van der Waals surface area contributed by atoms with E-state index in [0.29, 0.717) is 6.54 Å². The van der Waals surface area contributed by atoms with E-state index in [4.69, 9.17) is 4.74 Å². The second kappa shape index (κ2) is 6.67. The molecule has 0 spiro atoms. The molecule has 2 rings (SSSR count). The van der Waals surface area contributed by atoms with Crippen molar-refractivity contribution in [2.45, 2.75) is 31.4 Å². The third-order valence-electron chi connectivity index (χ3n) is 4.52. The molecule has 0 unspecified atom stereocenters. The number of methoxy groups -OCH3 is 1. The van der Waals surface area contributed by atoms with E-state index in [1.165, 1.54) is 0 Å². The summed E-state index contributed by atoms with van der Waals surface area (Å²) < 4.78 is 5.17.